The SMILES string of the molecule is COC(=O)c1ccnc2c(C)c(C(=O)N3CCc4ccccc4C3)[nH]c12. The van der Waals surface area contributed by atoms with Gasteiger partial charge in [-0.1, -0.05) is 24.3 Å². The van der Waals surface area contributed by atoms with E-state index in [0.29, 0.717) is 35.4 Å². The van der Waals surface area contributed by atoms with Crippen molar-refractivity contribution in [1.29, 1.82) is 0 Å². The fourth-order valence-electron chi connectivity index (χ4n) is 3.53. The molecule has 132 valence electrons. The van der Waals surface area contributed by atoms with Crippen LogP contribution >= 0.6 is 0 Å². The van der Waals surface area contributed by atoms with E-state index in [0.717, 1.165) is 12.0 Å². The number of carbonyl (C=O) groups is 2. The zero-order chi connectivity index (χ0) is 18.3. The fraction of sp³-hybridized carbons (Fsp3) is 0.250. The van der Waals surface area contributed by atoms with Crippen LogP contribution in [0.3, 0.4) is 0 Å². The van der Waals surface area contributed by atoms with Gasteiger partial charge in [-0.05, 0) is 30.5 Å². The zero-order valence-corrected chi connectivity index (χ0v) is 14.7. The Hall–Kier alpha value is -3.15. The molecule has 0 saturated carbocycles. The molecular formula is C20H19N3O3. The lowest BCUT2D eigenvalue weighted by molar-refractivity contribution is 0.0602. The van der Waals surface area contributed by atoms with Gasteiger partial charge in [0.25, 0.3) is 5.91 Å². The molecule has 0 radical (unpaired) electrons. The number of hydrogen-bond donors (Lipinski definition) is 1. The Labute approximate surface area is 150 Å². The van der Waals surface area contributed by atoms with Gasteiger partial charge in [-0.3, -0.25) is 9.78 Å². The number of fused-ring (bicyclic) bond motifs is 2. The summed E-state index contributed by atoms with van der Waals surface area (Å²) in [5, 5.41) is 0. The second-order valence-corrected chi connectivity index (χ2v) is 6.44. The lowest BCUT2D eigenvalue weighted by Gasteiger charge is -2.28. The lowest BCUT2D eigenvalue weighted by atomic mass is 9.99. The Balaban J connectivity index is 1.72. The minimum atomic E-state index is -0.454. The van der Waals surface area contributed by atoms with Crippen molar-refractivity contribution in [2.24, 2.45) is 0 Å². The van der Waals surface area contributed by atoms with Gasteiger partial charge in [0.15, 0.2) is 0 Å². The van der Waals surface area contributed by atoms with Crippen molar-refractivity contribution in [2.45, 2.75) is 19.9 Å². The van der Waals surface area contributed by atoms with Gasteiger partial charge >= 0.3 is 5.97 Å². The highest BCUT2D eigenvalue weighted by Crippen LogP contribution is 2.26. The molecule has 1 aromatic carbocycles. The number of ether oxygens (including phenoxy) is 1. The Morgan fingerprint density at radius 1 is 1.19 bits per heavy atom. The Kier molecular flexibility index (Phi) is 3.95. The molecule has 1 amide bonds. The predicted octanol–water partition coefficient (Wildman–Crippen LogP) is 2.86. The molecule has 3 heterocycles. The maximum Gasteiger partial charge on any atom is 0.340 e. The average molecular weight is 349 g/mol. The second kappa shape index (κ2) is 6.29. The van der Waals surface area contributed by atoms with E-state index in [1.54, 1.807) is 12.3 Å². The van der Waals surface area contributed by atoms with Crippen LogP contribution in [-0.2, 0) is 17.7 Å². The van der Waals surface area contributed by atoms with Crippen LogP contribution in [0.5, 0.6) is 0 Å². The fourth-order valence-corrected chi connectivity index (χ4v) is 3.53. The maximum absolute atomic E-state index is 13.1. The van der Waals surface area contributed by atoms with Crippen LogP contribution in [-0.4, -0.2) is 40.4 Å². The normalized spacial score (nSPS) is 13.5. The first-order chi connectivity index (χ1) is 12.6. The molecule has 0 saturated heterocycles. The monoisotopic (exact) mass is 349 g/mol. The topological polar surface area (TPSA) is 75.3 Å². The zero-order valence-electron chi connectivity index (χ0n) is 14.7. The van der Waals surface area contributed by atoms with Crippen LogP contribution in [0.25, 0.3) is 11.0 Å². The molecule has 2 aromatic heterocycles. The highest BCUT2D eigenvalue weighted by atomic mass is 16.5. The number of benzene rings is 1. The number of aromatic amines is 1. The number of rotatable bonds is 2. The number of aryl methyl sites for hydroxylation is 1. The number of hydrogen-bond acceptors (Lipinski definition) is 4. The molecule has 0 spiro atoms. The molecule has 0 fully saturated rings. The van der Waals surface area contributed by atoms with E-state index < -0.39 is 5.97 Å². The minimum Gasteiger partial charge on any atom is -0.465 e. The molecular weight excluding hydrogens is 330 g/mol. The summed E-state index contributed by atoms with van der Waals surface area (Å²) in [5.74, 6) is -0.532. The van der Waals surface area contributed by atoms with Crippen molar-refractivity contribution < 1.29 is 14.3 Å². The van der Waals surface area contributed by atoms with E-state index in [2.05, 4.69) is 22.1 Å². The summed E-state index contributed by atoms with van der Waals surface area (Å²) in [6.07, 6.45) is 2.40. The molecule has 3 aromatic rings. The molecule has 6 nitrogen and oxygen atoms in total. The highest BCUT2D eigenvalue weighted by molar-refractivity contribution is 6.06. The van der Waals surface area contributed by atoms with E-state index in [9.17, 15) is 9.59 Å². The molecule has 1 N–H and O–H groups in total. The lowest BCUT2D eigenvalue weighted by Crippen LogP contribution is -2.36. The van der Waals surface area contributed by atoms with Gasteiger partial charge in [0, 0.05) is 24.8 Å². The van der Waals surface area contributed by atoms with Crippen molar-refractivity contribution in [3.05, 3.63) is 64.5 Å². The van der Waals surface area contributed by atoms with Crippen molar-refractivity contribution >= 4 is 22.9 Å². The van der Waals surface area contributed by atoms with Gasteiger partial charge in [-0.25, -0.2) is 4.79 Å². The first kappa shape index (κ1) is 16.3. The molecule has 4 rings (SSSR count). The maximum atomic E-state index is 13.1. The number of carbonyl (C=O) groups excluding carboxylic acids is 2. The molecule has 0 atom stereocenters. The van der Waals surface area contributed by atoms with Gasteiger partial charge in [-0.2, -0.15) is 0 Å². The van der Waals surface area contributed by atoms with E-state index in [1.165, 1.54) is 18.2 Å². The predicted molar refractivity (Wildman–Crippen MR) is 97.1 cm³/mol. The third-order valence-electron chi connectivity index (χ3n) is 4.97. The van der Waals surface area contributed by atoms with Gasteiger partial charge in [0.2, 0.25) is 0 Å². The number of esters is 1. The summed E-state index contributed by atoms with van der Waals surface area (Å²) in [6, 6.07) is 9.78. The molecule has 0 bridgehead atoms. The number of pyridine rings is 1. The largest absolute Gasteiger partial charge is 0.465 e. The summed E-state index contributed by atoms with van der Waals surface area (Å²) in [5.41, 5.74) is 5.22. The highest BCUT2D eigenvalue weighted by Gasteiger charge is 2.26. The van der Waals surface area contributed by atoms with Crippen LogP contribution in [0.15, 0.2) is 36.5 Å². The quantitative estimate of drug-likeness (QED) is 0.722. The van der Waals surface area contributed by atoms with E-state index >= 15 is 0 Å². The van der Waals surface area contributed by atoms with Crippen LogP contribution < -0.4 is 0 Å². The summed E-state index contributed by atoms with van der Waals surface area (Å²) in [7, 11) is 1.33. The number of nitrogens with zero attached hydrogens (tertiary/aromatic N) is 2. The van der Waals surface area contributed by atoms with Crippen LogP contribution in [0, 0.1) is 6.92 Å². The van der Waals surface area contributed by atoms with Crippen molar-refractivity contribution in [3.8, 4) is 0 Å². The Bertz CT molecular complexity index is 1020. The first-order valence-corrected chi connectivity index (χ1v) is 8.51. The van der Waals surface area contributed by atoms with E-state index in [4.69, 9.17) is 4.74 Å². The van der Waals surface area contributed by atoms with E-state index in [-0.39, 0.29) is 5.91 Å². The summed E-state index contributed by atoms with van der Waals surface area (Å²) in [4.78, 5) is 34.4. The summed E-state index contributed by atoms with van der Waals surface area (Å²) >= 11 is 0. The van der Waals surface area contributed by atoms with Gasteiger partial charge < -0.3 is 14.6 Å². The standard InChI is InChI=1S/C20H19N3O3/c1-12-16-18(15(7-9-21-16)20(25)26-2)22-17(12)19(24)23-10-8-13-5-3-4-6-14(13)11-23/h3-7,9,22H,8,10-11H2,1-2H3. The number of methoxy groups -OCH3 is 1. The van der Waals surface area contributed by atoms with Gasteiger partial charge in [-0.15, -0.1) is 0 Å². The minimum absolute atomic E-state index is 0.0779. The number of amides is 1. The number of aromatic nitrogens is 2. The van der Waals surface area contributed by atoms with Crippen molar-refractivity contribution in [1.82, 2.24) is 14.9 Å². The van der Waals surface area contributed by atoms with Crippen molar-refractivity contribution in [3.63, 3.8) is 0 Å². The molecule has 1 aliphatic rings. The molecule has 6 heteroatoms. The molecule has 0 unspecified atom stereocenters. The van der Waals surface area contributed by atoms with Crippen molar-refractivity contribution in [2.75, 3.05) is 13.7 Å². The molecule has 26 heavy (non-hydrogen) atoms. The Morgan fingerprint density at radius 2 is 1.96 bits per heavy atom. The van der Waals surface area contributed by atoms with Gasteiger partial charge in [0.1, 0.15) is 5.69 Å². The van der Waals surface area contributed by atoms with E-state index in [1.807, 2.05) is 24.0 Å². The number of H-pyrrole nitrogens is 1. The number of nitrogens with one attached hydrogen (secondary N) is 1. The smallest absolute Gasteiger partial charge is 0.340 e. The summed E-state index contributed by atoms with van der Waals surface area (Å²) < 4.78 is 4.83. The third-order valence-corrected chi connectivity index (χ3v) is 4.97. The average Bonchev–Trinajstić information content (AvgIpc) is 3.03. The van der Waals surface area contributed by atoms with Gasteiger partial charge in [0.05, 0.1) is 23.7 Å². The molecule has 0 aliphatic carbocycles. The Morgan fingerprint density at radius 3 is 2.73 bits per heavy atom. The third kappa shape index (κ3) is 2.54. The van der Waals surface area contributed by atoms with Crippen LogP contribution in [0.1, 0.15) is 37.5 Å². The summed E-state index contributed by atoms with van der Waals surface area (Å²) in [6.45, 7) is 3.10. The van der Waals surface area contributed by atoms with Crippen LogP contribution in [0.2, 0.25) is 0 Å². The first-order valence-electron chi connectivity index (χ1n) is 8.51. The van der Waals surface area contributed by atoms with Crippen LogP contribution in [0.4, 0.5) is 0 Å². The second-order valence-electron chi connectivity index (χ2n) is 6.44. The molecule has 1 aliphatic heterocycles.